The highest BCUT2D eigenvalue weighted by atomic mass is 16.3. The average Bonchev–Trinajstić information content (AvgIpc) is 2.65. The quantitative estimate of drug-likeness (QED) is 0.634. The van der Waals surface area contributed by atoms with Gasteiger partial charge in [0.15, 0.2) is 0 Å². The molecule has 1 fully saturated rings. The Morgan fingerprint density at radius 1 is 1.53 bits per heavy atom. The maximum absolute atomic E-state index is 9.69. The molecule has 0 spiro atoms. The van der Waals surface area contributed by atoms with E-state index in [9.17, 15) is 5.11 Å². The third kappa shape index (κ3) is 4.35. The summed E-state index contributed by atoms with van der Waals surface area (Å²) in [6.07, 6.45) is 8.71. The SMILES string of the molecule is C=CCC[C@H](CC)NC[C@@H]1CCC[C@@H]1O. The molecular formula is C13H25NO. The molecule has 15 heavy (non-hydrogen) atoms. The molecule has 0 saturated heterocycles. The number of aliphatic hydroxyl groups is 1. The molecule has 1 aliphatic rings. The zero-order valence-electron chi connectivity index (χ0n) is 9.91. The molecule has 0 aliphatic heterocycles. The van der Waals surface area contributed by atoms with E-state index in [1.54, 1.807) is 0 Å². The minimum absolute atomic E-state index is 0.0607. The standard InChI is InChI=1S/C13H25NO/c1-3-5-8-12(4-2)14-10-11-7-6-9-13(11)15/h3,11-15H,1,4-10H2,2H3/t11-,12-,13-/m0/s1. The molecule has 0 unspecified atom stereocenters. The molecule has 0 bridgehead atoms. The van der Waals surface area contributed by atoms with E-state index >= 15 is 0 Å². The third-order valence-corrected chi connectivity index (χ3v) is 3.50. The van der Waals surface area contributed by atoms with E-state index in [2.05, 4.69) is 18.8 Å². The van der Waals surface area contributed by atoms with Crippen molar-refractivity contribution in [2.24, 2.45) is 5.92 Å². The smallest absolute Gasteiger partial charge is 0.0580 e. The van der Waals surface area contributed by atoms with Crippen molar-refractivity contribution in [2.45, 2.75) is 57.6 Å². The van der Waals surface area contributed by atoms with Gasteiger partial charge < -0.3 is 10.4 Å². The molecule has 1 saturated carbocycles. The Bertz CT molecular complexity index is 181. The number of allylic oxidation sites excluding steroid dienone is 1. The number of hydrogen-bond acceptors (Lipinski definition) is 2. The van der Waals surface area contributed by atoms with Gasteiger partial charge in [0.2, 0.25) is 0 Å². The van der Waals surface area contributed by atoms with Crippen LogP contribution in [0.2, 0.25) is 0 Å². The zero-order chi connectivity index (χ0) is 11.1. The summed E-state index contributed by atoms with van der Waals surface area (Å²) in [5, 5.41) is 13.3. The van der Waals surface area contributed by atoms with Crippen LogP contribution < -0.4 is 5.32 Å². The Morgan fingerprint density at radius 2 is 2.33 bits per heavy atom. The Labute approximate surface area is 93.8 Å². The second-order valence-electron chi connectivity index (χ2n) is 4.64. The first kappa shape index (κ1) is 12.7. The minimum atomic E-state index is -0.0607. The van der Waals surface area contributed by atoms with Crippen LogP contribution in [0.15, 0.2) is 12.7 Å². The Kier molecular flexibility index (Phi) is 5.96. The van der Waals surface area contributed by atoms with Gasteiger partial charge in [0.05, 0.1) is 6.10 Å². The molecule has 88 valence electrons. The largest absolute Gasteiger partial charge is 0.393 e. The molecule has 0 aromatic carbocycles. The molecule has 0 aromatic rings. The van der Waals surface area contributed by atoms with Crippen LogP contribution in [0.4, 0.5) is 0 Å². The van der Waals surface area contributed by atoms with Crippen LogP contribution >= 0.6 is 0 Å². The summed E-state index contributed by atoms with van der Waals surface area (Å²) in [6, 6.07) is 0.593. The van der Waals surface area contributed by atoms with Crippen LogP contribution in [-0.2, 0) is 0 Å². The van der Waals surface area contributed by atoms with E-state index in [0.29, 0.717) is 12.0 Å². The van der Waals surface area contributed by atoms with E-state index in [-0.39, 0.29) is 6.10 Å². The van der Waals surface area contributed by atoms with Crippen LogP contribution in [0.25, 0.3) is 0 Å². The normalized spacial score (nSPS) is 27.9. The maximum Gasteiger partial charge on any atom is 0.0580 e. The predicted octanol–water partition coefficient (Wildman–Crippen LogP) is 2.48. The van der Waals surface area contributed by atoms with E-state index in [1.807, 2.05) is 6.08 Å². The molecule has 0 aromatic heterocycles. The van der Waals surface area contributed by atoms with Crippen molar-refractivity contribution in [2.75, 3.05) is 6.54 Å². The van der Waals surface area contributed by atoms with Gasteiger partial charge in [0.25, 0.3) is 0 Å². The van der Waals surface area contributed by atoms with Gasteiger partial charge in [-0.1, -0.05) is 19.4 Å². The van der Waals surface area contributed by atoms with Gasteiger partial charge in [-0.3, -0.25) is 0 Å². The van der Waals surface area contributed by atoms with Crippen LogP contribution in [-0.4, -0.2) is 23.8 Å². The summed E-state index contributed by atoms with van der Waals surface area (Å²) in [4.78, 5) is 0. The fraction of sp³-hybridized carbons (Fsp3) is 0.846. The monoisotopic (exact) mass is 211 g/mol. The van der Waals surface area contributed by atoms with E-state index < -0.39 is 0 Å². The van der Waals surface area contributed by atoms with Crippen LogP contribution in [0.1, 0.15) is 45.4 Å². The lowest BCUT2D eigenvalue weighted by molar-refractivity contribution is 0.129. The van der Waals surface area contributed by atoms with Gasteiger partial charge in [-0.05, 0) is 38.0 Å². The van der Waals surface area contributed by atoms with Crippen molar-refractivity contribution < 1.29 is 5.11 Å². The van der Waals surface area contributed by atoms with E-state index in [4.69, 9.17) is 0 Å². The van der Waals surface area contributed by atoms with Crippen molar-refractivity contribution in [1.82, 2.24) is 5.32 Å². The zero-order valence-corrected chi connectivity index (χ0v) is 9.91. The van der Waals surface area contributed by atoms with Gasteiger partial charge in [-0.15, -0.1) is 6.58 Å². The highest BCUT2D eigenvalue weighted by Crippen LogP contribution is 2.24. The molecule has 2 N–H and O–H groups in total. The summed E-state index contributed by atoms with van der Waals surface area (Å²) < 4.78 is 0. The molecule has 3 atom stereocenters. The molecule has 0 heterocycles. The first-order valence-electron chi connectivity index (χ1n) is 6.30. The fourth-order valence-electron chi connectivity index (χ4n) is 2.34. The summed E-state index contributed by atoms with van der Waals surface area (Å²) >= 11 is 0. The minimum Gasteiger partial charge on any atom is -0.393 e. The number of hydrogen-bond donors (Lipinski definition) is 2. The molecular weight excluding hydrogens is 186 g/mol. The van der Waals surface area contributed by atoms with Crippen molar-refractivity contribution >= 4 is 0 Å². The Hall–Kier alpha value is -0.340. The second-order valence-corrected chi connectivity index (χ2v) is 4.64. The molecule has 2 nitrogen and oxygen atoms in total. The highest BCUT2D eigenvalue weighted by Gasteiger charge is 2.25. The van der Waals surface area contributed by atoms with Crippen molar-refractivity contribution in [3.63, 3.8) is 0 Å². The van der Waals surface area contributed by atoms with Crippen LogP contribution in [0.3, 0.4) is 0 Å². The summed E-state index contributed by atoms with van der Waals surface area (Å²) in [5.74, 6) is 0.489. The van der Waals surface area contributed by atoms with Crippen molar-refractivity contribution in [3.8, 4) is 0 Å². The topological polar surface area (TPSA) is 32.3 Å². The lowest BCUT2D eigenvalue weighted by Gasteiger charge is -2.21. The molecule has 0 amide bonds. The van der Waals surface area contributed by atoms with E-state index in [0.717, 1.165) is 25.8 Å². The molecule has 0 radical (unpaired) electrons. The lowest BCUT2D eigenvalue weighted by Crippen LogP contribution is -2.35. The molecule has 1 rings (SSSR count). The summed E-state index contributed by atoms with van der Waals surface area (Å²) in [6.45, 7) is 6.95. The molecule has 2 heteroatoms. The third-order valence-electron chi connectivity index (χ3n) is 3.50. The summed E-state index contributed by atoms with van der Waals surface area (Å²) in [7, 11) is 0. The van der Waals surface area contributed by atoms with Crippen LogP contribution in [0.5, 0.6) is 0 Å². The first-order valence-corrected chi connectivity index (χ1v) is 6.30. The van der Waals surface area contributed by atoms with Crippen molar-refractivity contribution in [1.29, 1.82) is 0 Å². The second kappa shape index (κ2) is 7.02. The van der Waals surface area contributed by atoms with E-state index in [1.165, 1.54) is 19.3 Å². The fourth-order valence-corrected chi connectivity index (χ4v) is 2.34. The Morgan fingerprint density at radius 3 is 2.87 bits per heavy atom. The van der Waals surface area contributed by atoms with Gasteiger partial charge in [-0.25, -0.2) is 0 Å². The first-order chi connectivity index (χ1) is 7.27. The van der Waals surface area contributed by atoms with Gasteiger partial charge >= 0.3 is 0 Å². The summed E-state index contributed by atoms with van der Waals surface area (Å²) in [5.41, 5.74) is 0. The van der Waals surface area contributed by atoms with Gasteiger partial charge in [0.1, 0.15) is 0 Å². The van der Waals surface area contributed by atoms with Gasteiger partial charge in [0, 0.05) is 12.6 Å². The lowest BCUT2D eigenvalue weighted by atomic mass is 10.0. The number of rotatable bonds is 7. The average molecular weight is 211 g/mol. The number of nitrogens with one attached hydrogen (secondary N) is 1. The maximum atomic E-state index is 9.69. The predicted molar refractivity (Wildman–Crippen MR) is 64.9 cm³/mol. The Balaban J connectivity index is 2.18. The van der Waals surface area contributed by atoms with Crippen molar-refractivity contribution in [3.05, 3.63) is 12.7 Å². The number of aliphatic hydroxyl groups excluding tert-OH is 1. The molecule has 1 aliphatic carbocycles. The highest BCUT2D eigenvalue weighted by molar-refractivity contribution is 4.80. The van der Waals surface area contributed by atoms with Gasteiger partial charge in [-0.2, -0.15) is 0 Å². The van der Waals surface area contributed by atoms with Crippen LogP contribution in [0, 0.1) is 5.92 Å².